The second kappa shape index (κ2) is 11.6. The minimum atomic E-state index is -3.89. The Morgan fingerprint density at radius 2 is 1.67 bits per heavy atom. The van der Waals surface area contributed by atoms with E-state index in [0.29, 0.717) is 0 Å². The van der Waals surface area contributed by atoms with E-state index in [9.17, 15) is 18.0 Å². The first-order chi connectivity index (χ1) is 15.3. The third-order valence-corrected chi connectivity index (χ3v) is 7.21. The molecule has 33 heavy (non-hydrogen) atoms. The Balaban J connectivity index is 2.43. The van der Waals surface area contributed by atoms with Gasteiger partial charge in [-0.1, -0.05) is 57.3 Å². The lowest BCUT2D eigenvalue weighted by molar-refractivity contribution is -0.139. The van der Waals surface area contributed by atoms with Gasteiger partial charge in [-0.05, 0) is 50.6 Å². The highest BCUT2D eigenvalue weighted by Crippen LogP contribution is 2.33. The topological polar surface area (TPSA) is 86.8 Å². The molecule has 0 saturated carbocycles. The van der Waals surface area contributed by atoms with E-state index in [1.807, 2.05) is 38.1 Å². The fourth-order valence-electron chi connectivity index (χ4n) is 3.05. The monoisotopic (exact) mass is 577 g/mol. The number of hydrogen-bond donors (Lipinski definition) is 1. The zero-order chi connectivity index (χ0) is 24.9. The summed E-state index contributed by atoms with van der Waals surface area (Å²) < 4.78 is 26.9. The maximum Gasteiger partial charge on any atom is 0.244 e. The maximum absolute atomic E-state index is 13.4. The fourth-order valence-corrected chi connectivity index (χ4v) is 4.62. The molecule has 0 aliphatic carbocycles. The number of nitrogens with zero attached hydrogens (tertiary/aromatic N) is 2. The number of hydrogen-bond acceptors (Lipinski definition) is 4. The molecule has 1 atom stereocenters. The number of carbonyl (C=O) groups excluding carboxylic acids is 2. The van der Waals surface area contributed by atoms with E-state index in [4.69, 9.17) is 23.2 Å². The van der Waals surface area contributed by atoms with Crippen molar-refractivity contribution >= 4 is 66.7 Å². The Labute approximate surface area is 213 Å². The average molecular weight is 579 g/mol. The number of sulfonamides is 1. The SMILES string of the molecule is CC(C)NC(=O)[C@H](C)N(Cc1ccc(Br)cc1)C(=O)CN(c1cccc(Cl)c1Cl)S(C)(=O)=O. The molecule has 0 spiro atoms. The van der Waals surface area contributed by atoms with Crippen molar-refractivity contribution in [1.82, 2.24) is 10.2 Å². The first kappa shape index (κ1) is 27.4. The van der Waals surface area contributed by atoms with Crippen LogP contribution in [0.2, 0.25) is 10.0 Å². The van der Waals surface area contributed by atoms with Crippen molar-refractivity contribution in [2.24, 2.45) is 0 Å². The third kappa shape index (κ3) is 7.60. The van der Waals surface area contributed by atoms with Crippen LogP contribution in [0.4, 0.5) is 5.69 Å². The van der Waals surface area contributed by atoms with Crippen LogP contribution in [0.25, 0.3) is 0 Å². The van der Waals surface area contributed by atoms with Crippen LogP contribution in [-0.4, -0.2) is 50.0 Å². The van der Waals surface area contributed by atoms with Gasteiger partial charge in [0, 0.05) is 17.1 Å². The van der Waals surface area contributed by atoms with Gasteiger partial charge in [0.25, 0.3) is 0 Å². The normalized spacial score (nSPS) is 12.4. The van der Waals surface area contributed by atoms with Gasteiger partial charge >= 0.3 is 0 Å². The van der Waals surface area contributed by atoms with E-state index < -0.39 is 28.5 Å². The smallest absolute Gasteiger partial charge is 0.244 e. The standard InChI is InChI=1S/C22H26BrCl2N3O4S/c1-14(2)26-22(30)15(3)27(12-16-8-10-17(23)11-9-16)20(29)13-28(33(4,31)32)19-7-5-6-18(24)21(19)25/h5-11,14-15H,12-13H2,1-4H3,(H,26,30)/t15-/m0/s1. The molecule has 11 heteroatoms. The van der Waals surface area contributed by atoms with E-state index in [1.165, 1.54) is 17.0 Å². The number of rotatable bonds is 9. The van der Waals surface area contributed by atoms with E-state index in [2.05, 4.69) is 21.2 Å². The number of nitrogens with one attached hydrogen (secondary N) is 1. The van der Waals surface area contributed by atoms with E-state index >= 15 is 0 Å². The Kier molecular flexibility index (Phi) is 9.60. The first-order valence-corrected chi connectivity index (χ1v) is 13.5. The summed E-state index contributed by atoms with van der Waals surface area (Å²) in [6.07, 6.45) is 0.978. The molecule has 1 N–H and O–H groups in total. The Bertz CT molecular complexity index is 1110. The minimum absolute atomic E-state index is 0.0162. The molecule has 2 aromatic carbocycles. The van der Waals surface area contributed by atoms with Crippen molar-refractivity contribution in [2.45, 2.75) is 39.4 Å². The van der Waals surface area contributed by atoms with Crippen LogP contribution in [0.3, 0.4) is 0 Å². The van der Waals surface area contributed by atoms with Crippen molar-refractivity contribution in [3.63, 3.8) is 0 Å². The highest BCUT2D eigenvalue weighted by molar-refractivity contribution is 9.10. The lowest BCUT2D eigenvalue weighted by Crippen LogP contribution is -2.52. The Hall–Kier alpha value is -1.81. The molecular formula is C22H26BrCl2N3O4S. The van der Waals surface area contributed by atoms with Gasteiger partial charge in [-0.3, -0.25) is 13.9 Å². The number of carbonyl (C=O) groups is 2. The fraction of sp³-hybridized carbons (Fsp3) is 0.364. The van der Waals surface area contributed by atoms with Crippen LogP contribution in [0, 0.1) is 0 Å². The number of amides is 2. The maximum atomic E-state index is 13.4. The molecule has 0 aliphatic rings. The van der Waals surface area contributed by atoms with Crippen LogP contribution in [0.15, 0.2) is 46.9 Å². The van der Waals surface area contributed by atoms with Gasteiger partial charge in [-0.15, -0.1) is 0 Å². The number of benzene rings is 2. The third-order valence-electron chi connectivity index (χ3n) is 4.74. The molecular weight excluding hydrogens is 553 g/mol. The predicted octanol–water partition coefficient (Wildman–Crippen LogP) is 4.46. The quantitative estimate of drug-likeness (QED) is 0.476. The summed E-state index contributed by atoms with van der Waals surface area (Å²) in [4.78, 5) is 27.5. The number of halogens is 3. The van der Waals surface area contributed by atoms with Crippen molar-refractivity contribution in [2.75, 3.05) is 17.1 Å². The van der Waals surface area contributed by atoms with Gasteiger partial charge in [-0.2, -0.15) is 0 Å². The van der Waals surface area contributed by atoms with E-state index in [1.54, 1.807) is 13.0 Å². The van der Waals surface area contributed by atoms with Gasteiger partial charge in [0.05, 0.1) is 22.0 Å². The summed E-state index contributed by atoms with van der Waals surface area (Å²) in [5, 5.41) is 2.97. The largest absolute Gasteiger partial charge is 0.352 e. The lowest BCUT2D eigenvalue weighted by atomic mass is 10.1. The zero-order valence-electron chi connectivity index (χ0n) is 18.7. The van der Waals surface area contributed by atoms with Gasteiger partial charge in [0.15, 0.2) is 0 Å². The van der Waals surface area contributed by atoms with E-state index in [0.717, 1.165) is 20.6 Å². The first-order valence-electron chi connectivity index (χ1n) is 10.1. The molecule has 0 unspecified atom stereocenters. The van der Waals surface area contributed by atoms with Gasteiger partial charge in [0.1, 0.15) is 12.6 Å². The summed E-state index contributed by atoms with van der Waals surface area (Å²) in [5.41, 5.74) is 0.866. The average Bonchev–Trinajstić information content (AvgIpc) is 2.72. The summed E-state index contributed by atoms with van der Waals surface area (Å²) in [6, 6.07) is 10.9. The van der Waals surface area contributed by atoms with Crippen molar-refractivity contribution in [1.29, 1.82) is 0 Å². The molecule has 2 amide bonds. The molecule has 2 rings (SSSR count). The number of anilines is 1. The molecule has 7 nitrogen and oxygen atoms in total. The van der Waals surface area contributed by atoms with Gasteiger partial charge in [-0.25, -0.2) is 8.42 Å². The Morgan fingerprint density at radius 1 is 1.06 bits per heavy atom. The van der Waals surface area contributed by atoms with Crippen LogP contribution < -0.4 is 9.62 Å². The molecule has 0 bridgehead atoms. The van der Waals surface area contributed by atoms with Gasteiger partial charge < -0.3 is 10.2 Å². The second-order valence-electron chi connectivity index (χ2n) is 7.83. The Morgan fingerprint density at radius 3 is 2.21 bits per heavy atom. The molecule has 0 aromatic heterocycles. The molecule has 0 aliphatic heterocycles. The van der Waals surface area contributed by atoms with Crippen LogP contribution in [0.5, 0.6) is 0 Å². The van der Waals surface area contributed by atoms with Crippen molar-refractivity contribution in [3.05, 3.63) is 62.5 Å². The minimum Gasteiger partial charge on any atom is -0.352 e. The molecule has 0 heterocycles. The predicted molar refractivity (Wildman–Crippen MR) is 136 cm³/mol. The van der Waals surface area contributed by atoms with Gasteiger partial charge in [0.2, 0.25) is 21.8 Å². The van der Waals surface area contributed by atoms with Crippen LogP contribution >= 0.6 is 39.1 Å². The summed E-state index contributed by atoms with van der Waals surface area (Å²) in [7, 11) is -3.89. The second-order valence-corrected chi connectivity index (χ2v) is 11.4. The molecule has 0 radical (unpaired) electrons. The van der Waals surface area contributed by atoms with Crippen LogP contribution in [0.1, 0.15) is 26.3 Å². The lowest BCUT2D eigenvalue weighted by Gasteiger charge is -2.32. The summed E-state index contributed by atoms with van der Waals surface area (Å²) in [5.74, 6) is -0.909. The van der Waals surface area contributed by atoms with Crippen molar-refractivity contribution in [3.8, 4) is 0 Å². The highest BCUT2D eigenvalue weighted by atomic mass is 79.9. The molecule has 0 saturated heterocycles. The van der Waals surface area contributed by atoms with E-state index in [-0.39, 0.29) is 34.2 Å². The van der Waals surface area contributed by atoms with Crippen molar-refractivity contribution < 1.29 is 18.0 Å². The summed E-state index contributed by atoms with van der Waals surface area (Å²) >= 11 is 15.7. The zero-order valence-corrected chi connectivity index (χ0v) is 22.6. The molecule has 180 valence electrons. The van der Waals surface area contributed by atoms with Crippen LogP contribution in [-0.2, 0) is 26.2 Å². The molecule has 0 fully saturated rings. The highest BCUT2D eigenvalue weighted by Gasteiger charge is 2.31. The molecule has 2 aromatic rings. The summed E-state index contributed by atoms with van der Waals surface area (Å²) in [6.45, 7) is 4.80.